The molecule has 0 N–H and O–H groups in total. The standard InChI is InChI=1S/C24H20B.C20H26N2/c1-5-13-21(14-6-1)25(22-15-7-2-8-16-22,23-17-9-3-10-18-23)24-19-11-4-12-20-24;1-2-9-20-21(12-5-1)13-6-14-22(20)16-17-10-11-18-7-3-4-8-19(18)15-17/h1-20H;3-4,7-8,10-11,15,20H,1-2,5-6,9,12-14,16H2/q-1;. The number of rotatable bonds is 6. The minimum atomic E-state index is -1.22. The summed E-state index contributed by atoms with van der Waals surface area (Å²) in [5, 5.41) is 2.72. The van der Waals surface area contributed by atoms with Gasteiger partial charge in [0, 0.05) is 19.6 Å². The van der Waals surface area contributed by atoms with E-state index in [4.69, 9.17) is 0 Å². The molecule has 0 aliphatic carbocycles. The highest BCUT2D eigenvalue weighted by atomic mass is 15.4. The number of nitrogens with zero attached hydrogens (tertiary/aromatic N) is 2. The molecule has 3 heteroatoms. The van der Waals surface area contributed by atoms with E-state index in [2.05, 4.69) is 174 Å². The average molecular weight is 614 g/mol. The van der Waals surface area contributed by atoms with Crippen molar-refractivity contribution in [2.24, 2.45) is 0 Å². The highest BCUT2D eigenvalue weighted by Crippen LogP contribution is 2.26. The van der Waals surface area contributed by atoms with Crippen molar-refractivity contribution in [3.05, 3.63) is 169 Å². The molecule has 0 aromatic heterocycles. The molecule has 0 radical (unpaired) electrons. The molecular formula is C44H46BN2-. The van der Waals surface area contributed by atoms with Crippen LogP contribution in [0.25, 0.3) is 10.8 Å². The Bertz CT molecular complexity index is 1660. The largest absolute Gasteiger partial charge is 0.288 e. The topological polar surface area (TPSA) is 6.48 Å². The Hall–Kier alpha value is -4.44. The molecule has 0 bridgehead atoms. The molecule has 2 aliphatic rings. The van der Waals surface area contributed by atoms with E-state index >= 15 is 0 Å². The van der Waals surface area contributed by atoms with E-state index in [0.29, 0.717) is 6.17 Å². The van der Waals surface area contributed by atoms with Crippen molar-refractivity contribution in [3.8, 4) is 0 Å². The normalized spacial score (nSPS) is 17.2. The van der Waals surface area contributed by atoms with Gasteiger partial charge in [-0.3, -0.25) is 9.80 Å². The van der Waals surface area contributed by atoms with Crippen molar-refractivity contribution in [1.82, 2.24) is 9.80 Å². The maximum atomic E-state index is 2.73. The molecule has 2 fully saturated rings. The molecule has 6 aromatic carbocycles. The van der Waals surface area contributed by atoms with Crippen molar-refractivity contribution in [2.75, 3.05) is 19.6 Å². The van der Waals surface area contributed by atoms with Gasteiger partial charge < -0.3 is 0 Å². The van der Waals surface area contributed by atoms with Crippen LogP contribution in [0.1, 0.15) is 37.7 Å². The maximum absolute atomic E-state index is 2.73. The molecule has 0 amide bonds. The van der Waals surface area contributed by atoms with Gasteiger partial charge in [0.2, 0.25) is 0 Å². The van der Waals surface area contributed by atoms with Crippen molar-refractivity contribution < 1.29 is 0 Å². The lowest BCUT2D eigenvalue weighted by Crippen LogP contribution is -2.74. The molecule has 6 aromatic rings. The predicted molar refractivity (Wildman–Crippen MR) is 203 cm³/mol. The summed E-state index contributed by atoms with van der Waals surface area (Å²) < 4.78 is 0. The van der Waals surface area contributed by atoms with Crippen molar-refractivity contribution >= 4 is 38.8 Å². The van der Waals surface area contributed by atoms with Gasteiger partial charge in [0.25, 0.3) is 0 Å². The third-order valence-corrected chi connectivity index (χ3v) is 10.5. The smallest absolute Gasteiger partial charge is 0.108 e. The minimum Gasteiger partial charge on any atom is -0.288 e. The summed E-state index contributed by atoms with van der Waals surface area (Å²) in [6.07, 6.45) is 6.35. The molecule has 47 heavy (non-hydrogen) atoms. The van der Waals surface area contributed by atoms with Crippen LogP contribution in [0.5, 0.6) is 0 Å². The van der Waals surface area contributed by atoms with Crippen LogP contribution >= 0.6 is 0 Å². The summed E-state index contributed by atoms with van der Waals surface area (Å²) in [6, 6.07) is 59.2. The van der Waals surface area contributed by atoms with Gasteiger partial charge in [0.15, 0.2) is 0 Å². The number of hydrogen-bond acceptors (Lipinski definition) is 2. The van der Waals surface area contributed by atoms with E-state index in [1.807, 2.05) is 0 Å². The highest BCUT2D eigenvalue weighted by molar-refractivity contribution is 7.19. The summed E-state index contributed by atoms with van der Waals surface area (Å²) in [7, 11) is 0. The van der Waals surface area contributed by atoms with E-state index in [-0.39, 0.29) is 0 Å². The number of fused-ring (bicyclic) bond motifs is 2. The second-order valence-corrected chi connectivity index (χ2v) is 13.4. The Morgan fingerprint density at radius 1 is 0.447 bits per heavy atom. The van der Waals surface area contributed by atoms with Gasteiger partial charge in [-0.05, 0) is 48.2 Å². The first kappa shape index (κ1) is 31.2. The van der Waals surface area contributed by atoms with Gasteiger partial charge in [-0.25, -0.2) is 0 Å². The van der Waals surface area contributed by atoms with E-state index in [0.717, 1.165) is 6.54 Å². The molecule has 2 aliphatic heterocycles. The van der Waals surface area contributed by atoms with Crippen LogP contribution in [0.2, 0.25) is 0 Å². The van der Waals surface area contributed by atoms with Gasteiger partial charge in [-0.15, -0.1) is 0 Å². The highest BCUT2D eigenvalue weighted by Gasteiger charge is 2.31. The van der Waals surface area contributed by atoms with Gasteiger partial charge in [0.1, 0.15) is 6.15 Å². The zero-order valence-electron chi connectivity index (χ0n) is 27.5. The summed E-state index contributed by atoms with van der Waals surface area (Å²) in [6.45, 7) is 4.97. The van der Waals surface area contributed by atoms with E-state index in [1.54, 1.807) is 0 Å². The fraction of sp³-hybridized carbons (Fsp3) is 0.227. The van der Waals surface area contributed by atoms with E-state index in [1.165, 1.54) is 89.9 Å². The van der Waals surface area contributed by atoms with Gasteiger partial charge in [0.05, 0.1) is 6.17 Å². The Balaban J connectivity index is 0.000000151. The molecule has 2 nitrogen and oxygen atoms in total. The van der Waals surface area contributed by atoms with Crippen molar-refractivity contribution in [3.63, 3.8) is 0 Å². The number of benzene rings is 6. The Kier molecular flexibility index (Phi) is 9.94. The average Bonchev–Trinajstić information content (AvgIpc) is 3.41. The van der Waals surface area contributed by atoms with Gasteiger partial charge in [-0.1, -0.05) is 171 Å². The SMILES string of the molecule is c1ccc([B-](c2ccccc2)(c2ccccc2)c2ccccc2)cc1.c1ccc2cc(CN3CCCN4CCCCCC43)ccc2c1. The van der Waals surface area contributed by atoms with E-state index < -0.39 is 6.15 Å². The monoisotopic (exact) mass is 613 g/mol. The Morgan fingerprint density at radius 2 is 0.936 bits per heavy atom. The van der Waals surface area contributed by atoms with Gasteiger partial charge in [-0.2, -0.15) is 21.9 Å². The summed E-state index contributed by atoms with van der Waals surface area (Å²) in [5.74, 6) is 0. The van der Waals surface area contributed by atoms with Crippen LogP contribution in [0.3, 0.4) is 0 Å². The lowest BCUT2D eigenvalue weighted by Gasteiger charge is -2.44. The Labute approximate surface area is 281 Å². The quantitative estimate of drug-likeness (QED) is 0.182. The predicted octanol–water partition coefficient (Wildman–Crippen LogP) is 7.31. The fourth-order valence-corrected chi connectivity index (χ4v) is 8.33. The van der Waals surface area contributed by atoms with Crippen LogP contribution in [0, 0.1) is 0 Å². The molecule has 2 saturated heterocycles. The first-order chi connectivity index (χ1) is 23.3. The lowest BCUT2D eigenvalue weighted by molar-refractivity contribution is -0.000324. The molecule has 2 heterocycles. The molecular weight excluding hydrogens is 567 g/mol. The first-order valence-corrected chi connectivity index (χ1v) is 17.7. The molecule has 0 spiro atoms. The second-order valence-electron chi connectivity index (χ2n) is 13.4. The summed E-state index contributed by atoms with van der Waals surface area (Å²) in [4.78, 5) is 5.45. The molecule has 1 atom stereocenters. The minimum absolute atomic E-state index is 0.683. The summed E-state index contributed by atoms with van der Waals surface area (Å²) >= 11 is 0. The first-order valence-electron chi connectivity index (χ1n) is 17.7. The van der Waals surface area contributed by atoms with E-state index in [9.17, 15) is 0 Å². The Morgan fingerprint density at radius 3 is 1.49 bits per heavy atom. The van der Waals surface area contributed by atoms with Crippen LogP contribution in [0.4, 0.5) is 0 Å². The van der Waals surface area contributed by atoms with Crippen molar-refractivity contribution in [2.45, 2.75) is 44.8 Å². The third-order valence-electron chi connectivity index (χ3n) is 10.5. The zero-order chi connectivity index (χ0) is 31.7. The number of hydrogen-bond donors (Lipinski definition) is 0. The molecule has 236 valence electrons. The second kappa shape index (κ2) is 15.0. The zero-order valence-corrected chi connectivity index (χ0v) is 27.5. The van der Waals surface area contributed by atoms with Crippen LogP contribution < -0.4 is 21.9 Å². The van der Waals surface area contributed by atoms with Crippen LogP contribution in [-0.4, -0.2) is 41.7 Å². The molecule has 1 unspecified atom stereocenters. The van der Waals surface area contributed by atoms with Crippen LogP contribution in [0.15, 0.2) is 164 Å². The molecule has 8 rings (SSSR count). The van der Waals surface area contributed by atoms with Crippen molar-refractivity contribution in [1.29, 1.82) is 0 Å². The lowest BCUT2D eigenvalue weighted by atomic mass is 9.13. The third kappa shape index (κ3) is 6.84. The maximum Gasteiger partial charge on any atom is 0.108 e. The van der Waals surface area contributed by atoms with Crippen LogP contribution in [-0.2, 0) is 6.54 Å². The van der Waals surface area contributed by atoms with Gasteiger partial charge >= 0.3 is 0 Å². The fourth-order valence-electron chi connectivity index (χ4n) is 8.33. The molecule has 0 saturated carbocycles. The summed E-state index contributed by atoms with van der Waals surface area (Å²) in [5.41, 5.74) is 6.82.